The highest BCUT2D eigenvalue weighted by atomic mass is 79.9. The molecule has 1 unspecified atom stereocenters. The monoisotopic (exact) mass is 264 g/mol. The lowest BCUT2D eigenvalue weighted by molar-refractivity contribution is -0.0498. The lowest BCUT2D eigenvalue weighted by atomic mass is 10.1. The van der Waals surface area contributed by atoms with Gasteiger partial charge in [-0.05, 0) is 37.1 Å². The van der Waals surface area contributed by atoms with E-state index in [4.69, 9.17) is 0 Å². The molecule has 1 aromatic rings. The summed E-state index contributed by atoms with van der Waals surface area (Å²) in [4.78, 5) is 0.211. The smallest absolute Gasteiger partial charge is 0.387 e. The van der Waals surface area contributed by atoms with Crippen molar-refractivity contribution in [2.45, 2.75) is 25.3 Å². The maximum atomic E-state index is 11.9. The summed E-state index contributed by atoms with van der Waals surface area (Å²) in [5.41, 5.74) is 2.01. The van der Waals surface area contributed by atoms with Gasteiger partial charge in [-0.1, -0.05) is 22.0 Å². The van der Waals surface area contributed by atoms with Crippen molar-refractivity contribution in [2.75, 3.05) is 0 Å². The molecule has 0 spiro atoms. The number of hydrogen-bond donors (Lipinski definition) is 0. The molecule has 0 aliphatic rings. The molecule has 1 nitrogen and oxygen atoms in total. The number of ether oxygens (including phenoxy) is 1. The van der Waals surface area contributed by atoms with Crippen LogP contribution in [0.25, 0.3) is 0 Å². The average molecular weight is 265 g/mol. The van der Waals surface area contributed by atoms with Crippen molar-refractivity contribution in [3.63, 3.8) is 0 Å². The zero-order chi connectivity index (χ0) is 10.7. The molecule has 1 rings (SSSR count). The van der Waals surface area contributed by atoms with Crippen LogP contribution in [0.15, 0.2) is 18.2 Å². The topological polar surface area (TPSA) is 9.23 Å². The third-order valence-corrected chi connectivity index (χ3v) is 2.39. The minimum Gasteiger partial charge on any atom is -0.435 e. The van der Waals surface area contributed by atoms with Gasteiger partial charge in [0, 0.05) is 4.83 Å². The Bertz CT molecular complexity index is 313. The fraction of sp³-hybridized carbons (Fsp3) is 0.400. The van der Waals surface area contributed by atoms with E-state index in [1.807, 2.05) is 13.8 Å². The van der Waals surface area contributed by atoms with E-state index in [1.165, 1.54) is 0 Å². The molecule has 0 aromatic heterocycles. The van der Waals surface area contributed by atoms with Crippen molar-refractivity contribution < 1.29 is 13.5 Å². The second-order valence-electron chi connectivity index (χ2n) is 3.01. The van der Waals surface area contributed by atoms with Crippen LogP contribution in [0.5, 0.6) is 5.75 Å². The highest BCUT2D eigenvalue weighted by molar-refractivity contribution is 9.09. The summed E-state index contributed by atoms with van der Waals surface area (Å²) in [6.07, 6.45) is 0. The predicted molar refractivity (Wildman–Crippen MR) is 55.2 cm³/mol. The molecule has 0 N–H and O–H groups in total. The first-order chi connectivity index (χ1) is 6.50. The summed E-state index contributed by atoms with van der Waals surface area (Å²) in [7, 11) is 0. The van der Waals surface area contributed by atoms with E-state index < -0.39 is 6.61 Å². The third kappa shape index (κ3) is 2.94. The largest absolute Gasteiger partial charge is 0.435 e. The zero-order valence-electron chi connectivity index (χ0n) is 7.93. The second-order valence-corrected chi connectivity index (χ2v) is 4.39. The van der Waals surface area contributed by atoms with Gasteiger partial charge in [0.1, 0.15) is 5.75 Å². The van der Waals surface area contributed by atoms with Crippen LogP contribution in [-0.2, 0) is 0 Å². The third-order valence-electron chi connectivity index (χ3n) is 1.89. The Labute approximate surface area is 90.2 Å². The molecule has 78 valence electrons. The van der Waals surface area contributed by atoms with Crippen LogP contribution in [0.3, 0.4) is 0 Å². The van der Waals surface area contributed by atoms with Gasteiger partial charge in [-0.3, -0.25) is 0 Å². The summed E-state index contributed by atoms with van der Waals surface area (Å²) in [5, 5.41) is 0. The van der Waals surface area contributed by atoms with Crippen LogP contribution in [0.4, 0.5) is 8.78 Å². The van der Waals surface area contributed by atoms with E-state index in [-0.39, 0.29) is 10.6 Å². The Balaban J connectivity index is 2.89. The average Bonchev–Trinajstić information content (AvgIpc) is 2.01. The van der Waals surface area contributed by atoms with Gasteiger partial charge in [-0.15, -0.1) is 0 Å². The van der Waals surface area contributed by atoms with Crippen molar-refractivity contribution in [1.82, 2.24) is 0 Å². The molecule has 0 amide bonds. The summed E-state index contributed by atoms with van der Waals surface area (Å²) in [6, 6.07) is 4.94. The van der Waals surface area contributed by atoms with E-state index in [2.05, 4.69) is 20.7 Å². The van der Waals surface area contributed by atoms with Gasteiger partial charge in [-0.2, -0.15) is 8.78 Å². The predicted octanol–water partition coefficient (Wildman–Crippen LogP) is 4.05. The molecule has 0 heterocycles. The molecule has 14 heavy (non-hydrogen) atoms. The number of benzene rings is 1. The fourth-order valence-corrected chi connectivity index (χ4v) is 1.78. The van der Waals surface area contributed by atoms with Crippen molar-refractivity contribution in [2.24, 2.45) is 0 Å². The molecule has 0 saturated carbocycles. The van der Waals surface area contributed by atoms with Gasteiger partial charge in [0.25, 0.3) is 0 Å². The summed E-state index contributed by atoms with van der Waals surface area (Å²) in [6.45, 7) is 1.09. The first-order valence-electron chi connectivity index (χ1n) is 4.20. The Morgan fingerprint density at radius 1 is 1.36 bits per heavy atom. The van der Waals surface area contributed by atoms with Crippen LogP contribution in [-0.4, -0.2) is 6.61 Å². The van der Waals surface area contributed by atoms with Crippen LogP contribution in [0.1, 0.15) is 22.9 Å². The fourth-order valence-electron chi connectivity index (χ4n) is 1.27. The van der Waals surface area contributed by atoms with E-state index >= 15 is 0 Å². The molecule has 0 aliphatic carbocycles. The molecule has 1 atom stereocenters. The lowest BCUT2D eigenvalue weighted by Gasteiger charge is -2.10. The summed E-state index contributed by atoms with van der Waals surface area (Å²) in [5.74, 6) is 0.203. The molecule has 0 radical (unpaired) electrons. The zero-order valence-corrected chi connectivity index (χ0v) is 9.51. The maximum absolute atomic E-state index is 11.9. The van der Waals surface area contributed by atoms with Gasteiger partial charge in [0.15, 0.2) is 0 Å². The van der Waals surface area contributed by atoms with Gasteiger partial charge in [0.2, 0.25) is 0 Å². The number of alkyl halides is 3. The molecule has 1 aromatic carbocycles. The second kappa shape index (κ2) is 4.73. The van der Waals surface area contributed by atoms with Crippen LogP contribution < -0.4 is 4.74 Å². The number of aryl methyl sites for hydroxylation is 1. The van der Waals surface area contributed by atoms with Crippen LogP contribution >= 0.6 is 15.9 Å². The van der Waals surface area contributed by atoms with Crippen molar-refractivity contribution in [1.29, 1.82) is 0 Å². The van der Waals surface area contributed by atoms with Crippen molar-refractivity contribution in [3.8, 4) is 5.75 Å². The first kappa shape index (κ1) is 11.4. The van der Waals surface area contributed by atoms with E-state index in [0.717, 1.165) is 11.1 Å². The van der Waals surface area contributed by atoms with Crippen LogP contribution in [0, 0.1) is 6.92 Å². The molecular weight excluding hydrogens is 254 g/mol. The van der Waals surface area contributed by atoms with Crippen LogP contribution in [0.2, 0.25) is 0 Å². The van der Waals surface area contributed by atoms with Gasteiger partial charge >= 0.3 is 6.61 Å². The first-order valence-corrected chi connectivity index (χ1v) is 5.11. The van der Waals surface area contributed by atoms with E-state index in [1.54, 1.807) is 18.2 Å². The quantitative estimate of drug-likeness (QED) is 0.749. The Morgan fingerprint density at radius 3 is 2.43 bits per heavy atom. The van der Waals surface area contributed by atoms with E-state index in [0.29, 0.717) is 0 Å². The molecular formula is C10H11BrF2O. The number of halogens is 3. The molecule has 0 fully saturated rings. The molecule has 0 aliphatic heterocycles. The maximum Gasteiger partial charge on any atom is 0.387 e. The lowest BCUT2D eigenvalue weighted by Crippen LogP contribution is -2.02. The van der Waals surface area contributed by atoms with Crippen molar-refractivity contribution in [3.05, 3.63) is 29.3 Å². The van der Waals surface area contributed by atoms with Gasteiger partial charge in [-0.25, -0.2) is 0 Å². The molecule has 0 bridgehead atoms. The summed E-state index contributed by atoms with van der Waals surface area (Å²) < 4.78 is 28.0. The van der Waals surface area contributed by atoms with Gasteiger partial charge < -0.3 is 4.74 Å². The van der Waals surface area contributed by atoms with Gasteiger partial charge in [0.05, 0.1) is 0 Å². The number of hydrogen-bond acceptors (Lipinski definition) is 1. The Hall–Kier alpha value is -0.640. The minimum absolute atomic E-state index is 0.203. The minimum atomic E-state index is -2.76. The highest BCUT2D eigenvalue weighted by Crippen LogP contribution is 2.28. The molecule has 4 heteroatoms. The standard InChI is InChI=1S/C10H11BrF2O/c1-6-5-8(14-10(12)13)3-4-9(6)7(2)11/h3-5,7,10H,1-2H3. The summed E-state index contributed by atoms with van der Waals surface area (Å²) >= 11 is 3.42. The SMILES string of the molecule is Cc1cc(OC(F)F)ccc1C(C)Br. The normalized spacial score (nSPS) is 13.0. The Kier molecular flexibility index (Phi) is 3.86. The van der Waals surface area contributed by atoms with Crippen molar-refractivity contribution >= 4 is 15.9 Å². The molecule has 0 saturated heterocycles. The number of rotatable bonds is 3. The van der Waals surface area contributed by atoms with E-state index in [9.17, 15) is 8.78 Å². The highest BCUT2D eigenvalue weighted by Gasteiger charge is 2.08. The Morgan fingerprint density at radius 2 is 2.00 bits per heavy atom.